The van der Waals surface area contributed by atoms with E-state index in [0.717, 1.165) is 44.5 Å². The quantitative estimate of drug-likeness (QED) is 0.0161. The van der Waals surface area contributed by atoms with E-state index in [1.807, 2.05) is 46.8 Å². The van der Waals surface area contributed by atoms with Gasteiger partial charge in [-0.3, -0.25) is 19.2 Å². The van der Waals surface area contributed by atoms with Gasteiger partial charge >= 0.3 is 125 Å². The molecule has 0 aliphatic rings. The molecule has 0 heterocycles. The number of rotatable bonds is 44. The molecular formula is C89H102F35NO14. The fraction of sp³-hybridized carbons (Fsp3) is 0.596. The number of halogens is 35. The number of hydrogen-bond donors (Lipinski definition) is 2. The molecule has 5 aromatic carbocycles. The molecular weight excluding hydrogens is 1970 g/mol. The van der Waals surface area contributed by atoms with Gasteiger partial charge < -0.3 is 43.5 Å². The first kappa shape index (κ1) is 127. The topological polar surface area (TPSA) is 202 Å². The smallest absolute Gasteiger partial charge is 0.460 e. The summed E-state index contributed by atoms with van der Waals surface area (Å²) >= 11 is 0. The monoisotopic (exact) mass is 2070 g/mol. The van der Waals surface area contributed by atoms with Gasteiger partial charge in [-0.2, -0.15) is 145 Å². The minimum atomic E-state index is -9.07. The highest BCUT2D eigenvalue weighted by Crippen LogP contribution is 2.65. The van der Waals surface area contributed by atoms with Gasteiger partial charge in [0.05, 0.1) is 53.9 Å². The Balaban J connectivity index is 0.00000141. The second-order valence-electron chi connectivity index (χ2n) is 32.6. The normalized spacial score (nSPS) is 14.4. The van der Waals surface area contributed by atoms with Gasteiger partial charge in [-0.25, -0.2) is 18.4 Å². The van der Waals surface area contributed by atoms with Crippen molar-refractivity contribution in [3.63, 3.8) is 0 Å². The van der Waals surface area contributed by atoms with E-state index >= 15 is 17.6 Å². The number of carbonyl (C=O) groups is 6. The highest BCUT2D eigenvalue weighted by Gasteiger charge is 2.95. The summed E-state index contributed by atoms with van der Waals surface area (Å²) in [5, 5.41) is 18.6. The molecule has 0 amide bonds. The van der Waals surface area contributed by atoms with Gasteiger partial charge in [-0.05, 0) is 180 Å². The molecule has 0 aliphatic heterocycles. The van der Waals surface area contributed by atoms with E-state index in [0.29, 0.717) is 36.3 Å². The molecule has 0 aromatic heterocycles. The van der Waals surface area contributed by atoms with Crippen LogP contribution in [0.5, 0.6) is 17.2 Å². The number of hydrogen-bond acceptors (Lipinski definition) is 15. The number of carbonyl (C=O) groups excluding carboxylic acids is 6. The van der Waals surface area contributed by atoms with Crippen LogP contribution in [0, 0.1) is 29.6 Å². The number of aromatic hydroxyl groups is 2. The predicted octanol–water partition coefficient (Wildman–Crippen LogP) is 27.0. The molecule has 2 N–H and O–H groups in total. The van der Waals surface area contributed by atoms with Crippen molar-refractivity contribution in [2.24, 2.45) is 22.7 Å². The van der Waals surface area contributed by atoms with Gasteiger partial charge in [0, 0.05) is 13.0 Å². The van der Waals surface area contributed by atoms with Gasteiger partial charge in [-0.1, -0.05) is 128 Å². The lowest BCUT2D eigenvalue weighted by molar-refractivity contribution is -0.461. The van der Waals surface area contributed by atoms with Gasteiger partial charge in [0.1, 0.15) is 37.1 Å². The molecule has 5 atom stereocenters. The molecule has 50 heteroatoms. The number of phenols is 2. The molecule has 5 rings (SSSR count). The number of phenolic OH excluding ortho intramolecular Hbond substituents is 2. The van der Waals surface area contributed by atoms with Crippen molar-refractivity contribution in [1.29, 1.82) is 0 Å². The van der Waals surface area contributed by atoms with E-state index in [1.54, 1.807) is 31.2 Å². The minimum absolute atomic E-state index is 0.0267. The molecule has 5 aromatic rings. The highest BCUT2D eigenvalue weighted by molar-refractivity contribution is 5.91. The molecule has 0 saturated carbocycles. The van der Waals surface area contributed by atoms with Crippen LogP contribution in [0.15, 0.2) is 121 Å². The van der Waals surface area contributed by atoms with E-state index in [-0.39, 0.29) is 57.0 Å². The van der Waals surface area contributed by atoms with Crippen molar-refractivity contribution in [3.05, 3.63) is 160 Å². The van der Waals surface area contributed by atoms with Crippen molar-refractivity contribution in [3.8, 4) is 17.2 Å². The summed E-state index contributed by atoms with van der Waals surface area (Å²) in [5.41, 5.74) is -1.04. The number of nitrogens with zero attached hydrogens (tertiary/aromatic N) is 1. The van der Waals surface area contributed by atoms with Crippen LogP contribution in [0.2, 0.25) is 0 Å². The van der Waals surface area contributed by atoms with Crippen molar-refractivity contribution in [2.75, 3.05) is 47.1 Å². The number of alkyl halides is 35. The number of esters is 6. The first-order valence-corrected chi connectivity index (χ1v) is 41.5. The van der Waals surface area contributed by atoms with Crippen LogP contribution in [-0.2, 0) is 56.1 Å². The fourth-order valence-electron chi connectivity index (χ4n) is 11.5. The van der Waals surface area contributed by atoms with Gasteiger partial charge in [0.15, 0.2) is 6.67 Å². The zero-order valence-electron chi connectivity index (χ0n) is 76.1. The van der Waals surface area contributed by atoms with E-state index in [4.69, 9.17) is 18.9 Å². The summed E-state index contributed by atoms with van der Waals surface area (Å²) in [6.45, 7) is 14.0. The maximum atomic E-state index is 15.5. The average Bonchev–Trinajstić information content (AvgIpc) is 0.704. The molecule has 0 fully saturated rings. The largest absolute Gasteiger partial charge is 0.508 e. The number of unbranched alkanes of at least 4 members (excludes halogenated alkanes) is 1. The lowest BCUT2D eigenvalue weighted by atomic mass is 9.70. The number of likely N-dealkylation sites (N-methyl/N-ethyl adjacent to an activating group) is 1. The highest BCUT2D eigenvalue weighted by atomic mass is 19.4. The number of ether oxygens (including phenoxy) is 6. The summed E-state index contributed by atoms with van der Waals surface area (Å²) < 4.78 is 502. The van der Waals surface area contributed by atoms with E-state index in [1.165, 1.54) is 105 Å². The van der Waals surface area contributed by atoms with Gasteiger partial charge in [-0.15, -0.1) is 0 Å². The summed E-state index contributed by atoms with van der Waals surface area (Å²) in [6.07, 6.45) is -32.4. The first-order valence-electron chi connectivity index (χ1n) is 41.5. The standard InChI is InChI=1S/C50H44F28O7.C17H18O3.C12H25NO2.C7H14O2.C3HF7/c1-4-37(17-18-38(52,53)41(58,59)44(64,65)43(62,63)40(56,57)25-51,36(82)83-20-19-39(54,55)42(60,61)45(66,67)46(68,69)47(70,71)48(72,73)49(74,75)50(76,77)78)22-32(35(81)85-23-28-7-5-26(2)6-8-28)21-27(3)30-11-9-29(10-12-30)24-84-34(80)31-13-15-33(79)16-14-31;1-3-12(2)13-4-6-14(7-5-13)17(19)20-16-10-8-15(18)9-11-16;1-5-7-8-13(4)9-10-15-12(14)11(3)6-2;1-5-7(2,3)6(8)9-4;4-1(2(5,6)7)3(8,9)10/h5-16,27,32,79H,4,17-25H2,1-3H3;4-12,18H,3H2,1-2H3;11H,5-10H2,1-4H3;5H2,1-4H3;1H. The van der Waals surface area contributed by atoms with Crippen LogP contribution in [0.4, 0.5) is 154 Å². The number of benzene rings is 5. The second kappa shape index (κ2) is 50.6. The van der Waals surface area contributed by atoms with Crippen molar-refractivity contribution in [2.45, 2.75) is 268 Å². The summed E-state index contributed by atoms with van der Waals surface area (Å²) in [4.78, 5) is 76.8. The van der Waals surface area contributed by atoms with Crippen LogP contribution >= 0.6 is 0 Å². The molecule has 15 nitrogen and oxygen atoms in total. The Morgan fingerprint density at radius 2 is 0.820 bits per heavy atom. The van der Waals surface area contributed by atoms with Gasteiger partial charge in [0.2, 0.25) is 0 Å². The molecule has 0 saturated heterocycles. The Morgan fingerprint density at radius 1 is 0.417 bits per heavy atom. The maximum Gasteiger partial charge on any atom is 0.460 e. The summed E-state index contributed by atoms with van der Waals surface area (Å²) in [7, 11) is 3.48. The lowest BCUT2D eigenvalue weighted by Gasteiger charge is -2.42. The Bertz CT molecular complexity index is 4620. The molecule has 0 spiro atoms. The molecule has 139 heavy (non-hydrogen) atoms. The molecule has 0 aliphatic carbocycles. The van der Waals surface area contributed by atoms with Crippen molar-refractivity contribution in [1.82, 2.24) is 4.90 Å². The van der Waals surface area contributed by atoms with Crippen molar-refractivity contribution < 1.29 is 221 Å². The third-order valence-electron chi connectivity index (χ3n) is 21.7. The third-order valence-corrected chi connectivity index (χ3v) is 21.7. The van der Waals surface area contributed by atoms with Crippen LogP contribution < -0.4 is 4.74 Å². The second-order valence-corrected chi connectivity index (χ2v) is 32.6. The van der Waals surface area contributed by atoms with E-state index in [2.05, 4.69) is 42.2 Å². The molecule has 5 unspecified atom stereocenters. The van der Waals surface area contributed by atoms with Crippen molar-refractivity contribution >= 4 is 35.8 Å². The maximum absolute atomic E-state index is 15.5. The van der Waals surface area contributed by atoms with E-state index in [9.17, 15) is 175 Å². The van der Waals surface area contributed by atoms with Gasteiger partial charge in [0.25, 0.3) is 6.17 Å². The number of aryl methyl sites for hydroxylation is 1. The zero-order valence-corrected chi connectivity index (χ0v) is 76.1. The Hall–Kier alpha value is -9.97. The lowest BCUT2D eigenvalue weighted by Crippen LogP contribution is -2.74. The third kappa shape index (κ3) is 32.8. The van der Waals surface area contributed by atoms with Crippen LogP contribution in [-0.4, -0.2) is 194 Å². The van der Waals surface area contributed by atoms with Crippen LogP contribution in [0.3, 0.4) is 0 Å². The molecule has 0 bridgehead atoms. The minimum Gasteiger partial charge on any atom is -0.508 e. The predicted molar refractivity (Wildman–Crippen MR) is 429 cm³/mol. The Morgan fingerprint density at radius 3 is 1.23 bits per heavy atom. The SMILES string of the molecule is CCC(C)(C)C(=O)OC.CCC(C)c1ccc(C(=O)Oc2ccc(O)cc2)cc1.CCC(CCC(F)(F)C(F)(F)C(F)(F)C(F)(F)C(F)(F)CF)(CC(CC(C)c1ccc(COC(=O)c2ccc(O)cc2)cc1)C(=O)OCc1ccc(C)cc1)C(=O)OCCC(F)(F)C(F)(F)C(F)(F)C(F)(F)C(F)(F)C(F)(F)C(F)(F)C(F)(F)F.CCCCN(C)CCOC(=O)C(C)CC.FC(C(F)(F)F)C(F)(F)F. The Kier molecular flexibility index (Phi) is 46.3. The summed E-state index contributed by atoms with van der Waals surface area (Å²) in [6, 6.07) is 28.8. The first-order chi connectivity index (χ1) is 63.1. The zero-order chi connectivity index (χ0) is 108. The fourth-order valence-corrected chi connectivity index (χ4v) is 11.5. The van der Waals surface area contributed by atoms with E-state index < -0.39 is 202 Å². The number of methoxy groups -OCH3 is 1. The van der Waals surface area contributed by atoms with Crippen LogP contribution in [0.25, 0.3) is 0 Å². The Labute approximate surface area is 774 Å². The molecule has 792 valence electrons. The van der Waals surface area contributed by atoms with Crippen LogP contribution in [0.1, 0.15) is 200 Å². The summed E-state index contributed by atoms with van der Waals surface area (Å²) in [5.74, 6) is -105. The average molecular weight is 2070 g/mol. The molecule has 0 radical (unpaired) electrons.